The lowest BCUT2D eigenvalue weighted by molar-refractivity contribution is 0.414. The molecule has 0 bridgehead atoms. The van der Waals surface area contributed by atoms with Crippen LogP contribution in [0.4, 0.5) is 0 Å². The Morgan fingerprint density at radius 1 is 0.800 bits per heavy atom. The maximum Gasteiger partial charge on any atom is 0.118 e. The molecule has 2 heteroatoms. The van der Waals surface area contributed by atoms with E-state index in [0.29, 0.717) is 0 Å². The van der Waals surface area contributed by atoms with Gasteiger partial charge in [-0.1, -0.05) is 60.7 Å². The Kier molecular flexibility index (Phi) is 5.20. The molecule has 3 aromatic rings. The molecule has 2 atom stereocenters. The summed E-state index contributed by atoms with van der Waals surface area (Å²) in [6.07, 6.45) is 2.00. The molecule has 2 unspecified atom stereocenters. The van der Waals surface area contributed by atoms with Crippen molar-refractivity contribution in [3.05, 3.63) is 108 Å². The molecule has 0 spiro atoms. The molecule has 0 aliphatic carbocycles. The molecule has 0 heterocycles. The van der Waals surface area contributed by atoms with Gasteiger partial charge in [-0.2, -0.15) is 0 Å². The minimum absolute atomic E-state index is 0.103. The largest absolute Gasteiger partial charge is 0.508 e. The Morgan fingerprint density at radius 3 is 1.88 bits per heavy atom. The third kappa shape index (κ3) is 3.74. The maximum atomic E-state index is 9.65. The fourth-order valence-electron chi connectivity index (χ4n) is 3.24. The minimum Gasteiger partial charge on any atom is -0.508 e. The number of rotatable bonds is 6. The van der Waals surface area contributed by atoms with Gasteiger partial charge in [0.25, 0.3) is 0 Å². The van der Waals surface area contributed by atoms with Gasteiger partial charge in [0.15, 0.2) is 0 Å². The van der Waals surface area contributed by atoms with Crippen molar-refractivity contribution in [3.8, 4) is 11.5 Å². The number of phenolic OH excluding ortho intramolecular Hbond substituents is 1. The zero-order chi connectivity index (χ0) is 17.6. The average molecular weight is 330 g/mol. The van der Waals surface area contributed by atoms with Gasteiger partial charge in [0, 0.05) is 11.8 Å². The molecule has 25 heavy (non-hydrogen) atoms. The molecule has 0 aliphatic heterocycles. The lowest BCUT2D eigenvalue weighted by Gasteiger charge is -2.26. The lowest BCUT2D eigenvalue weighted by Crippen LogP contribution is -2.11. The number of allylic oxidation sites excluding steroid dienone is 1. The maximum absolute atomic E-state index is 9.65. The smallest absolute Gasteiger partial charge is 0.118 e. The molecule has 0 saturated carbocycles. The molecular weight excluding hydrogens is 308 g/mol. The van der Waals surface area contributed by atoms with Gasteiger partial charge in [-0.3, -0.25) is 0 Å². The van der Waals surface area contributed by atoms with E-state index in [1.165, 1.54) is 11.1 Å². The van der Waals surface area contributed by atoms with Crippen LogP contribution in [-0.4, -0.2) is 12.2 Å². The molecule has 0 radical (unpaired) electrons. The number of ether oxygens (including phenoxy) is 1. The standard InChI is InChI=1S/C23H22O2/c1-3-22(17-7-5-4-6-8-17)23(18-9-13-20(24)14-10-18)19-11-15-21(25-2)16-12-19/h3-16,22-24H,1H2,2H3. The highest BCUT2D eigenvalue weighted by Crippen LogP contribution is 2.40. The van der Waals surface area contributed by atoms with E-state index in [1.54, 1.807) is 19.2 Å². The summed E-state index contributed by atoms with van der Waals surface area (Å²) in [5.41, 5.74) is 3.53. The number of phenols is 1. The summed E-state index contributed by atoms with van der Waals surface area (Å²) in [7, 11) is 1.67. The van der Waals surface area contributed by atoms with E-state index in [0.717, 1.165) is 11.3 Å². The van der Waals surface area contributed by atoms with Crippen molar-refractivity contribution in [2.45, 2.75) is 11.8 Å². The summed E-state index contributed by atoms with van der Waals surface area (Å²) in [6, 6.07) is 25.9. The van der Waals surface area contributed by atoms with E-state index >= 15 is 0 Å². The predicted molar refractivity (Wildman–Crippen MR) is 102 cm³/mol. The summed E-state index contributed by atoms with van der Waals surface area (Å²) in [6.45, 7) is 4.09. The van der Waals surface area contributed by atoms with E-state index in [-0.39, 0.29) is 17.6 Å². The van der Waals surface area contributed by atoms with E-state index in [2.05, 4.69) is 30.8 Å². The second kappa shape index (κ2) is 7.71. The van der Waals surface area contributed by atoms with E-state index < -0.39 is 0 Å². The number of benzene rings is 3. The highest BCUT2D eigenvalue weighted by atomic mass is 16.5. The topological polar surface area (TPSA) is 29.5 Å². The van der Waals surface area contributed by atoms with Crippen LogP contribution in [0, 0.1) is 0 Å². The lowest BCUT2D eigenvalue weighted by atomic mass is 9.77. The highest BCUT2D eigenvalue weighted by Gasteiger charge is 2.24. The van der Waals surface area contributed by atoms with Crippen LogP contribution in [0.1, 0.15) is 28.5 Å². The summed E-state index contributed by atoms with van der Waals surface area (Å²) in [4.78, 5) is 0. The van der Waals surface area contributed by atoms with Crippen LogP contribution in [0.25, 0.3) is 0 Å². The molecule has 2 nitrogen and oxygen atoms in total. The molecule has 126 valence electrons. The summed E-state index contributed by atoms with van der Waals surface area (Å²) in [5.74, 6) is 1.33. The van der Waals surface area contributed by atoms with Crippen molar-refractivity contribution in [1.29, 1.82) is 0 Å². The summed E-state index contributed by atoms with van der Waals surface area (Å²) in [5, 5.41) is 9.65. The van der Waals surface area contributed by atoms with Gasteiger partial charge in [0.2, 0.25) is 0 Å². The van der Waals surface area contributed by atoms with E-state index in [1.807, 2.05) is 48.5 Å². The molecule has 0 fully saturated rings. The first-order valence-electron chi connectivity index (χ1n) is 8.33. The highest BCUT2D eigenvalue weighted by molar-refractivity contribution is 5.43. The van der Waals surface area contributed by atoms with Crippen LogP contribution in [0.5, 0.6) is 11.5 Å². The normalized spacial score (nSPS) is 13.0. The molecule has 1 N–H and O–H groups in total. The molecule has 3 aromatic carbocycles. The van der Waals surface area contributed by atoms with Crippen LogP contribution in [0.15, 0.2) is 91.5 Å². The van der Waals surface area contributed by atoms with Gasteiger partial charge >= 0.3 is 0 Å². The molecule has 0 amide bonds. The SMILES string of the molecule is C=CC(c1ccccc1)C(c1ccc(O)cc1)c1ccc(OC)cc1. The monoisotopic (exact) mass is 330 g/mol. The molecule has 0 saturated heterocycles. The average Bonchev–Trinajstić information content (AvgIpc) is 2.68. The van der Waals surface area contributed by atoms with Gasteiger partial charge in [-0.05, 0) is 41.0 Å². The van der Waals surface area contributed by atoms with Crippen molar-refractivity contribution in [3.63, 3.8) is 0 Å². The Bertz CT molecular complexity index is 805. The van der Waals surface area contributed by atoms with Gasteiger partial charge in [-0.25, -0.2) is 0 Å². The first-order valence-corrected chi connectivity index (χ1v) is 8.33. The predicted octanol–water partition coefficient (Wildman–Crippen LogP) is 5.50. The van der Waals surface area contributed by atoms with E-state index in [9.17, 15) is 5.11 Å². The first kappa shape index (κ1) is 16.8. The Morgan fingerprint density at radius 2 is 1.36 bits per heavy atom. The van der Waals surface area contributed by atoms with Crippen LogP contribution < -0.4 is 4.74 Å². The number of methoxy groups -OCH3 is 1. The van der Waals surface area contributed by atoms with Crippen molar-refractivity contribution in [2.75, 3.05) is 7.11 Å². The fraction of sp³-hybridized carbons (Fsp3) is 0.130. The number of hydrogen-bond donors (Lipinski definition) is 1. The van der Waals surface area contributed by atoms with Gasteiger partial charge < -0.3 is 9.84 Å². The third-order valence-electron chi connectivity index (χ3n) is 4.52. The molecule has 3 rings (SSSR count). The number of aromatic hydroxyl groups is 1. The van der Waals surface area contributed by atoms with Gasteiger partial charge in [-0.15, -0.1) is 6.58 Å². The number of hydrogen-bond acceptors (Lipinski definition) is 2. The Hall–Kier alpha value is -3.00. The zero-order valence-corrected chi connectivity index (χ0v) is 14.3. The summed E-state index contributed by atoms with van der Waals surface area (Å²) >= 11 is 0. The van der Waals surface area contributed by atoms with Crippen LogP contribution >= 0.6 is 0 Å². The van der Waals surface area contributed by atoms with Gasteiger partial charge in [0.1, 0.15) is 11.5 Å². The van der Waals surface area contributed by atoms with E-state index in [4.69, 9.17) is 4.74 Å². The minimum atomic E-state index is 0.103. The van der Waals surface area contributed by atoms with Crippen LogP contribution in [-0.2, 0) is 0 Å². The van der Waals surface area contributed by atoms with Crippen molar-refractivity contribution < 1.29 is 9.84 Å². The quantitative estimate of drug-likeness (QED) is 0.605. The fourth-order valence-corrected chi connectivity index (χ4v) is 3.24. The summed E-state index contributed by atoms with van der Waals surface area (Å²) < 4.78 is 5.29. The van der Waals surface area contributed by atoms with Crippen molar-refractivity contribution >= 4 is 0 Å². The molecule has 0 aromatic heterocycles. The van der Waals surface area contributed by atoms with Crippen molar-refractivity contribution in [1.82, 2.24) is 0 Å². The molecule has 0 aliphatic rings. The Labute approximate surface area is 149 Å². The second-order valence-corrected chi connectivity index (χ2v) is 6.01. The molecular formula is C23H22O2. The van der Waals surface area contributed by atoms with Crippen LogP contribution in [0.2, 0.25) is 0 Å². The third-order valence-corrected chi connectivity index (χ3v) is 4.52. The van der Waals surface area contributed by atoms with Crippen molar-refractivity contribution in [2.24, 2.45) is 0 Å². The second-order valence-electron chi connectivity index (χ2n) is 6.01. The van der Waals surface area contributed by atoms with Crippen LogP contribution in [0.3, 0.4) is 0 Å². The zero-order valence-electron chi connectivity index (χ0n) is 14.3. The Balaban J connectivity index is 2.09. The first-order chi connectivity index (χ1) is 12.2. The van der Waals surface area contributed by atoms with Gasteiger partial charge in [0.05, 0.1) is 7.11 Å².